The van der Waals surface area contributed by atoms with Crippen LogP contribution in [0.4, 0.5) is 0 Å². The molecule has 0 atom stereocenters. The smallest absolute Gasteiger partial charge is 0.245 e. The van der Waals surface area contributed by atoms with Gasteiger partial charge >= 0.3 is 0 Å². The van der Waals surface area contributed by atoms with E-state index in [1.807, 2.05) is 48.5 Å². The van der Waals surface area contributed by atoms with Crippen molar-refractivity contribution in [2.75, 3.05) is 6.54 Å². The second-order valence-electron chi connectivity index (χ2n) is 5.45. The summed E-state index contributed by atoms with van der Waals surface area (Å²) < 4.78 is 7.06. The van der Waals surface area contributed by atoms with Gasteiger partial charge in [-0.3, -0.25) is 9.36 Å². The molecule has 0 fully saturated rings. The minimum Gasteiger partial charge on any atom is -0.468 e. The Bertz CT molecular complexity index is 914. The third-order valence-corrected chi connectivity index (χ3v) is 3.99. The maximum absolute atomic E-state index is 12.7. The maximum atomic E-state index is 12.7. The van der Waals surface area contributed by atoms with Gasteiger partial charge in [0, 0.05) is 10.8 Å². The molecule has 0 saturated carbocycles. The van der Waals surface area contributed by atoms with Crippen molar-refractivity contribution in [3.63, 3.8) is 0 Å². The predicted octanol–water partition coefficient (Wildman–Crippen LogP) is 3.82. The standard InChI is InChI=1S/C19H16N2O2/c22-19(13-20-12-14-6-5-11-23-14)21-17-9-3-1-7-15(17)16-8-2-4-10-18(16)21/h1-11,20H,12-13H2. The number of aromatic nitrogens is 1. The Balaban J connectivity index is 1.67. The first kappa shape index (κ1) is 13.8. The van der Waals surface area contributed by atoms with Crippen molar-refractivity contribution in [3.8, 4) is 0 Å². The number of para-hydroxylation sites is 2. The summed E-state index contributed by atoms with van der Waals surface area (Å²) in [6.07, 6.45) is 1.63. The molecule has 0 aliphatic rings. The maximum Gasteiger partial charge on any atom is 0.245 e. The molecular weight excluding hydrogens is 288 g/mol. The fourth-order valence-electron chi connectivity index (χ4n) is 2.98. The number of furan rings is 1. The van der Waals surface area contributed by atoms with E-state index in [2.05, 4.69) is 17.4 Å². The van der Waals surface area contributed by atoms with E-state index in [0.29, 0.717) is 6.54 Å². The molecule has 4 aromatic rings. The lowest BCUT2D eigenvalue weighted by atomic mass is 10.2. The second kappa shape index (κ2) is 5.74. The van der Waals surface area contributed by atoms with Crippen molar-refractivity contribution >= 4 is 27.7 Å². The van der Waals surface area contributed by atoms with E-state index < -0.39 is 0 Å². The molecule has 0 aliphatic heterocycles. The van der Waals surface area contributed by atoms with Crippen LogP contribution in [0.25, 0.3) is 21.8 Å². The SMILES string of the molecule is O=C(CNCc1ccco1)n1c2ccccc2c2ccccc21. The van der Waals surface area contributed by atoms with Gasteiger partial charge < -0.3 is 9.73 Å². The zero-order valence-electron chi connectivity index (χ0n) is 12.5. The summed E-state index contributed by atoms with van der Waals surface area (Å²) in [5.74, 6) is 0.842. The average Bonchev–Trinajstić information content (AvgIpc) is 3.20. The predicted molar refractivity (Wildman–Crippen MR) is 90.5 cm³/mol. The largest absolute Gasteiger partial charge is 0.468 e. The number of nitrogens with zero attached hydrogens (tertiary/aromatic N) is 1. The van der Waals surface area contributed by atoms with Crippen LogP contribution in [0.15, 0.2) is 71.3 Å². The lowest BCUT2D eigenvalue weighted by molar-refractivity contribution is 0.0921. The molecule has 0 unspecified atom stereocenters. The number of carbonyl (C=O) groups is 1. The van der Waals surface area contributed by atoms with Crippen molar-refractivity contribution in [1.29, 1.82) is 0 Å². The van der Waals surface area contributed by atoms with Gasteiger partial charge in [-0.1, -0.05) is 36.4 Å². The number of hydrogen-bond donors (Lipinski definition) is 1. The van der Waals surface area contributed by atoms with Gasteiger partial charge in [-0.25, -0.2) is 0 Å². The Labute approximate surface area is 133 Å². The van der Waals surface area contributed by atoms with E-state index in [0.717, 1.165) is 27.6 Å². The fraction of sp³-hybridized carbons (Fsp3) is 0.105. The summed E-state index contributed by atoms with van der Waals surface area (Å²) in [6, 6.07) is 19.7. The molecule has 114 valence electrons. The highest BCUT2D eigenvalue weighted by molar-refractivity contribution is 6.13. The third-order valence-electron chi connectivity index (χ3n) is 3.99. The number of carbonyl (C=O) groups excluding carboxylic acids is 1. The lowest BCUT2D eigenvalue weighted by Crippen LogP contribution is -2.26. The number of fused-ring (bicyclic) bond motifs is 3. The fourth-order valence-corrected chi connectivity index (χ4v) is 2.98. The minimum absolute atomic E-state index is 0.0222. The molecule has 0 bridgehead atoms. The van der Waals surface area contributed by atoms with Gasteiger partial charge in [0.05, 0.1) is 30.4 Å². The molecular formula is C19H16N2O2. The molecule has 0 aliphatic carbocycles. The monoisotopic (exact) mass is 304 g/mol. The number of nitrogens with one attached hydrogen (secondary N) is 1. The summed E-state index contributed by atoms with van der Waals surface area (Å²) in [5, 5.41) is 5.34. The van der Waals surface area contributed by atoms with E-state index in [1.165, 1.54) is 0 Å². The molecule has 0 radical (unpaired) electrons. The average molecular weight is 304 g/mol. The Kier molecular flexibility index (Phi) is 3.44. The highest BCUT2D eigenvalue weighted by Crippen LogP contribution is 2.28. The molecule has 0 spiro atoms. The molecule has 2 aromatic carbocycles. The van der Waals surface area contributed by atoms with Crippen LogP contribution in [0.3, 0.4) is 0 Å². The molecule has 2 heterocycles. The zero-order chi connectivity index (χ0) is 15.6. The van der Waals surface area contributed by atoms with E-state index >= 15 is 0 Å². The molecule has 23 heavy (non-hydrogen) atoms. The molecule has 1 N–H and O–H groups in total. The molecule has 2 aromatic heterocycles. The lowest BCUT2D eigenvalue weighted by Gasteiger charge is -2.07. The van der Waals surface area contributed by atoms with Crippen LogP contribution in [0.1, 0.15) is 10.6 Å². The Hall–Kier alpha value is -2.85. The highest BCUT2D eigenvalue weighted by Gasteiger charge is 2.14. The van der Waals surface area contributed by atoms with E-state index in [1.54, 1.807) is 10.8 Å². The van der Waals surface area contributed by atoms with Crippen LogP contribution in [0.2, 0.25) is 0 Å². The van der Waals surface area contributed by atoms with Gasteiger partial charge in [0.15, 0.2) is 0 Å². The quantitative estimate of drug-likeness (QED) is 0.623. The number of benzene rings is 2. The van der Waals surface area contributed by atoms with Crippen molar-refractivity contribution in [3.05, 3.63) is 72.7 Å². The van der Waals surface area contributed by atoms with Crippen molar-refractivity contribution in [2.45, 2.75) is 6.54 Å². The molecule has 4 heteroatoms. The van der Waals surface area contributed by atoms with Gasteiger partial charge in [0.1, 0.15) is 5.76 Å². The Morgan fingerprint density at radius 2 is 1.57 bits per heavy atom. The van der Waals surface area contributed by atoms with Crippen molar-refractivity contribution < 1.29 is 9.21 Å². The molecule has 4 rings (SSSR count). The van der Waals surface area contributed by atoms with E-state index in [9.17, 15) is 4.79 Å². The van der Waals surface area contributed by atoms with Gasteiger partial charge in [-0.05, 0) is 24.3 Å². The van der Waals surface area contributed by atoms with Crippen LogP contribution < -0.4 is 5.32 Å². The summed E-state index contributed by atoms with van der Waals surface area (Å²) in [6.45, 7) is 0.791. The van der Waals surface area contributed by atoms with E-state index in [-0.39, 0.29) is 12.5 Å². The first-order valence-electron chi connectivity index (χ1n) is 7.59. The molecule has 0 saturated heterocycles. The van der Waals surface area contributed by atoms with Gasteiger partial charge in [-0.2, -0.15) is 0 Å². The normalized spacial score (nSPS) is 11.3. The van der Waals surface area contributed by atoms with Crippen LogP contribution in [0, 0.1) is 0 Å². The third kappa shape index (κ3) is 2.43. The first-order chi connectivity index (χ1) is 11.3. The van der Waals surface area contributed by atoms with Crippen molar-refractivity contribution in [2.24, 2.45) is 0 Å². The summed E-state index contributed by atoms with van der Waals surface area (Å²) in [4.78, 5) is 12.7. The van der Waals surface area contributed by atoms with Crippen LogP contribution in [-0.2, 0) is 6.54 Å². The first-order valence-corrected chi connectivity index (χ1v) is 7.59. The molecule has 4 nitrogen and oxygen atoms in total. The zero-order valence-corrected chi connectivity index (χ0v) is 12.5. The van der Waals surface area contributed by atoms with Crippen LogP contribution in [0.5, 0.6) is 0 Å². The summed E-state index contributed by atoms with van der Waals surface area (Å²) in [7, 11) is 0. The van der Waals surface area contributed by atoms with Crippen LogP contribution in [-0.4, -0.2) is 17.0 Å². The Morgan fingerprint density at radius 3 is 2.17 bits per heavy atom. The molecule has 0 amide bonds. The number of hydrogen-bond acceptors (Lipinski definition) is 3. The van der Waals surface area contributed by atoms with Crippen molar-refractivity contribution in [1.82, 2.24) is 9.88 Å². The summed E-state index contributed by atoms with van der Waals surface area (Å²) in [5.41, 5.74) is 1.89. The second-order valence-corrected chi connectivity index (χ2v) is 5.45. The van der Waals surface area contributed by atoms with Gasteiger partial charge in [0.2, 0.25) is 5.91 Å². The highest BCUT2D eigenvalue weighted by atomic mass is 16.3. The van der Waals surface area contributed by atoms with Gasteiger partial charge in [-0.15, -0.1) is 0 Å². The minimum atomic E-state index is 0.0222. The topological polar surface area (TPSA) is 47.2 Å². The number of rotatable bonds is 4. The van der Waals surface area contributed by atoms with Crippen LogP contribution >= 0.6 is 0 Å². The van der Waals surface area contributed by atoms with Gasteiger partial charge in [0.25, 0.3) is 0 Å². The Morgan fingerprint density at radius 1 is 0.913 bits per heavy atom. The van der Waals surface area contributed by atoms with E-state index in [4.69, 9.17) is 4.42 Å². The summed E-state index contributed by atoms with van der Waals surface area (Å²) >= 11 is 0.